The first-order chi connectivity index (χ1) is 61.9. The summed E-state index contributed by atoms with van der Waals surface area (Å²) in [6, 6.07) is 154. The number of rotatable bonds is 14. The van der Waals surface area contributed by atoms with E-state index in [0.717, 1.165) is 167 Å². The Labute approximate surface area is 729 Å². The van der Waals surface area contributed by atoms with Gasteiger partial charge in [-0.3, -0.25) is 0 Å². The molecular formula is C116H72N6OS2. The van der Waals surface area contributed by atoms with E-state index in [4.69, 9.17) is 34.3 Å². The van der Waals surface area contributed by atoms with Crippen molar-refractivity contribution in [2.75, 3.05) is 0 Å². The first-order valence-corrected chi connectivity index (χ1v) is 43.6. The van der Waals surface area contributed by atoms with Crippen molar-refractivity contribution < 1.29 is 4.42 Å². The van der Waals surface area contributed by atoms with Gasteiger partial charge in [-0.25, -0.2) is 29.9 Å². The van der Waals surface area contributed by atoms with E-state index in [1.54, 1.807) is 0 Å². The molecule has 0 fully saturated rings. The highest BCUT2D eigenvalue weighted by Crippen LogP contribution is 2.49. The Balaban J connectivity index is 0.000000144. The number of hydrogen-bond donors (Lipinski definition) is 0. The molecule has 0 atom stereocenters. The van der Waals surface area contributed by atoms with E-state index in [1.165, 1.54) is 62.4 Å². The summed E-state index contributed by atoms with van der Waals surface area (Å²) in [7, 11) is 0. The lowest BCUT2D eigenvalue weighted by Crippen LogP contribution is -1.96. The molecule has 0 saturated heterocycles. The van der Waals surface area contributed by atoms with Gasteiger partial charge in [0.25, 0.3) is 0 Å². The summed E-state index contributed by atoms with van der Waals surface area (Å²) < 4.78 is 11.5. The fourth-order valence-corrected chi connectivity index (χ4v) is 20.1. The lowest BCUT2D eigenvalue weighted by Gasteiger charge is -2.13. The van der Waals surface area contributed by atoms with Crippen LogP contribution < -0.4 is 0 Å². The minimum atomic E-state index is 0.687. The van der Waals surface area contributed by atoms with Gasteiger partial charge in [-0.2, -0.15) is 0 Å². The highest BCUT2D eigenvalue weighted by Gasteiger charge is 2.24. The predicted molar refractivity (Wildman–Crippen MR) is 524 cm³/mol. The fourth-order valence-electron chi connectivity index (χ4n) is 17.6. The molecule has 9 heteroatoms. The SMILES string of the molecule is c1ccc(-c2cc(-c3ccc(-c4ccc(-c5nc6c(-c7cccc8c7oc7ccccc78)cccc6c6c5sc5ccccc56)cc4)cc3)nc(-c3ccccc3)n2)cc1.c1ccc(-c2ccc(-c3cc(-c4ccc(-c5cccc(-c6nc7c(-c8ccccc8)cccc7c7c6sc6ccccc67)c5)cc4)nc(-c4ccc(-c5ccccc5)cc4)n3)cc2)cc1. The molecule has 0 amide bonds. The van der Waals surface area contributed by atoms with E-state index >= 15 is 0 Å². The third kappa shape index (κ3) is 13.9. The van der Waals surface area contributed by atoms with E-state index in [-0.39, 0.29) is 0 Å². The molecule has 17 aromatic carbocycles. The number of nitrogens with zero attached hydrogens (tertiary/aromatic N) is 6. The predicted octanol–water partition coefficient (Wildman–Crippen LogP) is 32.0. The molecule has 7 aromatic heterocycles. The summed E-state index contributed by atoms with van der Waals surface area (Å²) in [5, 5.41) is 9.57. The maximum absolute atomic E-state index is 6.55. The zero-order valence-electron chi connectivity index (χ0n) is 67.5. The number of pyridine rings is 2. The summed E-state index contributed by atoms with van der Waals surface area (Å²) in [4.78, 5) is 31.5. The van der Waals surface area contributed by atoms with Crippen LogP contribution in [0.5, 0.6) is 0 Å². The molecule has 7 nitrogen and oxygen atoms in total. The van der Waals surface area contributed by atoms with Crippen molar-refractivity contribution in [1.29, 1.82) is 0 Å². The van der Waals surface area contributed by atoms with Gasteiger partial charge in [0.15, 0.2) is 11.6 Å². The Morgan fingerprint density at radius 3 is 0.976 bits per heavy atom. The largest absolute Gasteiger partial charge is 0.455 e. The maximum atomic E-state index is 6.55. The lowest BCUT2D eigenvalue weighted by molar-refractivity contribution is 0.670. The normalized spacial score (nSPS) is 11.5. The molecule has 24 rings (SSSR count). The molecule has 125 heavy (non-hydrogen) atoms. The summed E-state index contributed by atoms with van der Waals surface area (Å²) in [6.45, 7) is 0. The zero-order valence-corrected chi connectivity index (χ0v) is 69.1. The minimum absolute atomic E-state index is 0.687. The van der Waals surface area contributed by atoms with Crippen LogP contribution in [-0.2, 0) is 0 Å². The van der Waals surface area contributed by atoms with E-state index in [1.807, 2.05) is 83.3 Å². The van der Waals surface area contributed by atoms with Crippen molar-refractivity contribution in [3.8, 4) is 157 Å². The van der Waals surface area contributed by atoms with Crippen LogP contribution in [0.15, 0.2) is 441 Å². The Hall–Kier alpha value is -16.0. The average molecular weight is 1630 g/mol. The van der Waals surface area contributed by atoms with Crippen LogP contribution in [0.3, 0.4) is 0 Å². The maximum Gasteiger partial charge on any atom is 0.160 e. The van der Waals surface area contributed by atoms with Crippen LogP contribution >= 0.6 is 22.7 Å². The van der Waals surface area contributed by atoms with Crippen LogP contribution in [-0.4, -0.2) is 29.9 Å². The average Bonchev–Trinajstić information content (AvgIpc) is 1.62. The zero-order chi connectivity index (χ0) is 82.7. The Morgan fingerprint density at radius 2 is 0.488 bits per heavy atom. The van der Waals surface area contributed by atoms with Crippen LogP contribution in [0.2, 0.25) is 0 Å². The third-order valence-corrected chi connectivity index (χ3v) is 26.2. The van der Waals surface area contributed by atoms with Crippen molar-refractivity contribution in [1.82, 2.24) is 29.9 Å². The smallest absolute Gasteiger partial charge is 0.160 e. The highest BCUT2D eigenvalue weighted by atomic mass is 32.1. The Kier molecular flexibility index (Phi) is 18.9. The van der Waals surface area contributed by atoms with Gasteiger partial charge in [-0.05, 0) is 86.5 Å². The molecule has 0 saturated carbocycles. The first-order valence-electron chi connectivity index (χ1n) is 42.0. The second kappa shape index (κ2) is 31.8. The van der Waals surface area contributed by atoms with Crippen molar-refractivity contribution in [2.45, 2.75) is 0 Å². The molecule has 0 N–H and O–H groups in total. The molecule has 0 aliphatic rings. The molecule has 24 aromatic rings. The number of hydrogen-bond acceptors (Lipinski definition) is 9. The van der Waals surface area contributed by atoms with E-state index < -0.39 is 0 Å². The number of benzene rings is 17. The fraction of sp³-hybridized carbons (Fsp3) is 0. The molecule has 0 radical (unpaired) electrons. The van der Waals surface area contributed by atoms with Gasteiger partial charge in [0.05, 0.1) is 54.6 Å². The second-order valence-electron chi connectivity index (χ2n) is 31.4. The number of para-hydroxylation sites is 4. The molecule has 0 aliphatic carbocycles. The van der Waals surface area contributed by atoms with Gasteiger partial charge >= 0.3 is 0 Å². The van der Waals surface area contributed by atoms with Crippen LogP contribution in [0.25, 0.3) is 241 Å². The molecule has 0 aliphatic heterocycles. The first kappa shape index (κ1) is 74.0. The molecular weight excluding hydrogens is 1560 g/mol. The lowest BCUT2D eigenvalue weighted by atomic mass is 9.96. The van der Waals surface area contributed by atoms with Crippen molar-refractivity contribution in [2.24, 2.45) is 0 Å². The van der Waals surface area contributed by atoms with E-state index in [0.29, 0.717) is 11.6 Å². The highest BCUT2D eigenvalue weighted by molar-refractivity contribution is 7.27. The van der Waals surface area contributed by atoms with Crippen molar-refractivity contribution in [3.63, 3.8) is 0 Å². The van der Waals surface area contributed by atoms with Crippen molar-refractivity contribution in [3.05, 3.63) is 437 Å². The minimum Gasteiger partial charge on any atom is -0.455 e. The Morgan fingerprint density at radius 1 is 0.184 bits per heavy atom. The molecule has 584 valence electrons. The third-order valence-electron chi connectivity index (χ3n) is 23.9. The number of aromatic nitrogens is 6. The second-order valence-corrected chi connectivity index (χ2v) is 33.5. The van der Waals surface area contributed by atoms with Gasteiger partial charge in [-0.15, -0.1) is 22.7 Å². The van der Waals surface area contributed by atoms with Gasteiger partial charge < -0.3 is 4.42 Å². The van der Waals surface area contributed by atoms with Crippen LogP contribution in [0.4, 0.5) is 0 Å². The molecule has 7 heterocycles. The van der Waals surface area contributed by atoms with Gasteiger partial charge in [0.2, 0.25) is 0 Å². The topological polar surface area (TPSA) is 90.5 Å². The summed E-state index contributed by atoms with van der Waals surface area (Å²) in [5.74, 6) is 1.40. The number of fused-ring (bicyclic) bond motifs is 13. The Bertz CT molecular complexity index is 8050. The van der Waals surface area contributed by atoms with E-state index in [9.17, 15) is 0 Å². The monoisotopic (exact) mass is 1630 g/mol. The molecule has 0 unspecified atom stereocenters. The number of thiophene rings is 2. The van der Waals surface area contributed by atoms with E-state index in [2.05, 4.69) is 376 Å². The molecule has 0 spiro atoms. The standard InChI is InChI=1S/C61H39N3S.C55H33N3OS/c1-4-14-40(15-5-1)42-26-32-46(33-27-42)54-39-55(63-61(62-54)48-36-30-43(31-37-48)41-16-6-2-7-17-41)47-34-28-44(29-35-47)49-20-12-21-50(38-49)58-60-57(52-22-10-11-25-56(52)65-60)53-24-13-23-51(59(53)64-58)45-18-8-3-9-19-45;1-3-13-36(14-4-1)46-33-47(57-55(56-46)39-15-5-2-6-16-39)37-29-25-34(26-30-37)35-27-31-38(32-28-35)51-54-50(44-18-8-10-24-49(44)60-54)45-22-11-19-41(52(45)58-51)43-21-12-20-42-40-17-7-9-23-48(40)59-53(42)43/h1-39H;1-33H. The summed E-state index contributed by atoms with van der Waals surface area (Å²) >= 11 is 3.64. The molecule has 0 bridgehead atoms. The quantitative estimate of drug-likeness (QED) is 0.107. The van der Waals surface area contributed by atoms with Gasteiger partial charge in [0, 0.05) is 114 Å². The van der Waals surface area contributed by atoms with Gasteiger partial charge in [0.1, 0.15) is 11.2 Å². The van der Waals surface area contributed by atoms with Crippen molar-refractivity contribution >= 4 is 107 Å². The van der Waals surface area contributed by atoms with Crippen LogP contribution in [0.1, 0.15) is 0 Å². The summed E-state index contributed by atoms with van der Waals surface area (Å²) in [5.41, 5.74) is 31.1. The number of furan rings is 1. The van der Waals surface area contributed by atoms with Gasteiger partial charge in [-0.1, -0.05) is 400 Å². The summed E-state index contributed by atoms with van der Waals surface area (Å²) in [6.07, 6.45) is 0. The van der Waals surface area contributed by atoms with Crippen LogP contribution in [0, 0.1) is 0 Å².